The summed E-state index contributed by atoms with van der Waals surface area (Å²) in [6.07, 6.45) is 3.82. The van der Waals surface area contributed by atoms with Crippen LogP contribution in [0, 0.1) is 46.3 Å². The van der Waals surface area contributed by atoms with Crippen molar-refractivity contribution in [3.8, 4) is 0 Å². The van der Waals surface area contributed by atoms with Crippen LogP contribution in [0.25, 0.3) is 0 Å². The van der Waals surface area contributed by atoms with E-state index in [1.54, 1.807) is 6.92 Å². The van der Waals surface area contributed by atoms with Crippen molar-refractivity contribution in [3.05, 3.63) is 0 Å². The summed E-state index contributed by atoms with van der Waals surface area (Å²) in [5, 5.41) is 2.99. The van der Waals surface area contributed by atoms with Crippen LogP contribution >= 0.6 is 0 Å². The summed E-state index contributed by atoms with van der Waals surface area (Å²) in [6, 6.07) is -0.820. The number of rotatable bonds is 8. The van der Waals surface area contributed by atoms with Crippen molar-refractivity contribution >= 4 is 29.8 Å². The standard InChI is InChI=1S/C32H49NO9/c1-8-40-30(38)33-28-27-26(23-11-10-22(32(23,6)29(28)37)17(2)9-12-25(36)39-7)24(42-19(4)35)16-20-15-21(41-18(3)34)13-14-31(20,27)5/h17,20-24,26-28H,8-16H2,1-7H3,(H,33,38)/t17-,20+,21-,22-,23+,24-,26-,27-,28+,31+,32-/m1/s1. The van der Waals surface area contributed by atoms with Gasteiger partial charge < -0.3 is 24.3 Å². The van der Waals surface area contributed by atoms with Crippen molar-refractivity contribution in [2.45, 2.75) is 111 Å². The van der Waals surface area contributed by atoms with E-state index in [1.807, 2.05) is 6.92 Å². The average Bonchev–Trinajstić information content (AvgIpc) is 3.27. The maximum atomic E-state index is 14.8. The van der Waals surface area contributed by atoms with E-state index in [9.17, 15) is 24.0 Å². The van der Waals surface area contributed by atoms with Crippen LogP contribution in [0.15, 0.2) is 0 Å². The first-order valence-corrected chi connectivity index (χ1v) is 15.7. The highest BCUT2D eigenvalue weighted by Gasteiger charge is 2.70. The van der Waals surface area contributed by atoms with Crippen LogP contribution in [-0.2, 0) is 38.1 Å². The van der Waals surface area contributed by atoms with Gasteiger partial charge in [0.05, 0.1) is 19.8 Å². The first kappa shape index (κ1) is 32.3. The summed E-state index contributed by atoms with van der Waals surface area (Å²) < 4.78 is 21.9. The normalized spacial score (nSPS) is 39.5. The molecule has 0 aromatic heterocycles. The number of carbonyl (C=O) groups is 5. The van der Waals surface area contributed by atoms with Gasteiger partial charge in [-0.3, -0.25) is 19.2 Å². The molecule has 0 aliphatic heterocycles. The van der Waals surface area contributed by atoms with Crippen LogP contribution in [0.3, 0.4) is 0 Å². The number of methoxy groups -OCH3 is 1. The van der Waals surface area contributed by atoms with Gasteiger partial charge in [-0.05, 0) is 86.9 Å². The van der Waals surface area contributed by atoms with Gasteiger partial charge in [0.2, 0.25) is 0 Å². The Labute approximate surface area is 249 Å². The van der Waals surface area contributed by atoms with Gasteiger partial charge in [-0.1, -0.05) is 20.8 Å². The van der Waals surface area contributed by atoms with Crippen LogP contribution < -0.4 is 5.32 Å². The molecule has 10 nitrogen and oxygen atoms in total. The molecule has 0 radical (unpaired) electrons. The van der Waals surface area contributed by atoms with E-state index in [2.05, 4.69) is 19.2 Å². The average molecular weight is 592 g/mol. The Morgan fingerprint density at radius 2 is 1.71 bits per heavy atom. The first-order chi connectivity index (χ1) is 19.8. The molecule has 4 rings (SSSR count). The number of fused-ring (bicyclic) bond motifs is 5. The lowest BCUT2D eigenvalue weighted by Gasteiger charge is -2.64. The summed E-state index contributed by atoms with van der Waals surface area (Å²) in [5.41, 5.74) is -1.13. The highest BCUT2D eigenvalue weighted by molar-refractivity contribution is 5.94. The third kappa shape index (κ3) is 5.79. The van der Waals surface area contributed by atoms with Crippen molar-refractivity contribution in [3.63, 3.8) is 0 Å². The second-order valence-electron chi connectivity index (χ2n) is 13.6. The van der Waals surface area contributed by atoms with Gasteiger partial charge in [0.1, 0.15) is 12.2 Å². The monoisotopic (exact) mass is 591 g/mol. The van der Waals surface area contributed by atoms with Crippen molar-refractivity contribution in [1.82, 2.24) is 5.32 Å². The van der Waals surface area contributed by atoms with E-state index in [1.165, 1.54) is 21.0 Å². The number of carbonyl (C=O) groups excluding carboxylic acids is 5. The molecule has 4 fully saturated rings. The highest BCUT2D eigenvalue weighted by atomic mass is 16.6. The van der Waals surface area contributed by atoms with Crippen LogP contribution in [0.4, 0.5) is 4.79 Å². The van der Waals surface area contributed by atoms with Gasteiger partial charge in [0, 0.05) is 31.6 Å². The largest absolute Gasteiger partial charge is 0.469 e. The summed E-state index contributed by atoms with van der Waals surface area (Å²) in [5.74, 6) is -1.34. The van der Waals surface area contributed by atoms with Crippen molar-refractivity contribution in [2.75, 3.05) is 13.7 Å². The predicted molar refractivity (Wildman–Crippen MR) is 152 cm³/mol. The topological polar surface area (TPSA) is 134 Å². The number of ketones is 1. The molecule has 11 atom stereocenters. The summed E-state index contributed by atoms with van der Waals surface area (Å²) in [4.78, 5) is 64.0. The Morgan fingerprint density at radius 1 is 1.02 bits per heavy atom. The Balaban J connectivity index is 1.78. The van der Waals surface area contributed by atoms with Gasteiger partial charge in [0.25, 0.3) is 0 Å². The molecule has 0 saturated heterocycles. The smallest absolute Gasteiger partial charge is 0.407 e. The fourth-order valence-electron chi connectivity index (χ4n) is 9.76. The minimum Gasteiger partial charge on any atom is -0.469 e. The van der Waals surface area contributed by atoms with Crippen molar-refractivity contribution in [1.29, 1.82) is 0 Å². The maximum absolute atomic E-state index is 14.8. The molecule has 4 aliphatic carbocycles. The lowest BCUT2D eigenvalue weighted by Crippen LogP contribution is -2.70. The maximum Gasteiger partial charge on any atom is 0.407 e. The minimum absolute atomic E-state index is 0.000203. The van der Waals surface area contributed by atoms with Gasteiger partial charge >= 0.3 is 24.0 Å². The summed E-state index contributed by atoms with van der Waals surface area (Å²) in [7, 11) is 1.38. The Morgan fingerprint density at radius 3 is 2.33 bits per heavy atom. The summed E-state index contributed by atoms with van der Waals surface area (Å²) >= 11 is 0. The number of Topliss-reactive ketones (excluding diaryl/α,β-unsaturated/α-hetero) is 1. The molecule has 0 aromatic carbocycles. The Kier molecular flexibility index (Phi) is 9.62. The van der Waals surface area contributed by atoms with Crippen LogP contribution in [0.1, 0.15) is 92.9 Å². The van der Waals surface area contributed by atoms with Crippen LogP contribution in [0.2, 0.25) is 0 Å². The lowest BCUT2D eigenvalue weighted by molar-refractivity contribution is -0.202. The molecule has 0 spiro atoms. The molecule has 0 unspecified atom stereocenters. The van der Waals surface area contributed by atoms with Gasteiger partial charge in [-0.25, -0.2) is 4.79 Å². The molecular formula is C32H49NO9. The van der Waals surface area contributed by atoms with E-state index in [0.717, 1.165) is 19.3 Å². The number of nitrogens with one attached hydrogen (secondary N) is 1. The fraction of sp³-hybridized carbons (Fsp3) is 0.844. The number of amides is 1. The number of alkyl carbamates (subject to hydrolysis) is 1. The van der Waals surface area contributed by atoms with Crippen molar-refractivity contribution in [2.24, 2.45) is 46.3 Å². The SMILES string of the molecule is CCOC(=O)N[C@@H]1C(=O)[C@]2(C)[C@@H]([C@H](C)CCC(=O)OC)CC[C@H]2[C@H]2[C@H]1[C@@]1(C)CC[C@@H](OC(C)=O)C[C@H]1C[C@H]2OC(C)=O. The molecule has 0 aromatic rings. The molecular weight excluding hydrogens is 542 g/mol. The quantitative estimate of drug-likeness (QED) is 0.317. The second-order valence-corrected chi connectivity index (χ2v) is 13.6. The second kappa shape index (κ2) is 12.5. The number of hydrogen-bond donors (Lipinski definition) is 1. The minimum atomic E-state index is -0.820. The van der Waals surface area contributed by atoms with E-state index in [0.29, 0.717) is 25.7 Å². The van der Waals surface area contributed by atoms with E-state index < -0.39 is 23.7 Å². The third-order valence-electron chi connectivity index (χ3n) is 11.5. The molecule has 4 saturated carbocycles. The lowest BCUT2D eigenvalue weighted by atomic mass is 9.42. The van der Waals surface area contributed by atoms with Crippen LogP contribution in [0.5, 0.6) is 0 Å². The highest BCUT2D eigenvalue weighted by Crippen LogP contribution is 2.68. The van der Waals surface area contributed by atoms with E-state index >= 15 is 0 Å². The Bertz CT molecular complexity index is 1080. The zero-order chi connectivity index (χ0) is 31.0. The third-order valence-corrected chi connectivity index (χ3v) is 11.5. The molecule has 1 N–H and O–H groups in total. The number of ether oxygens (including phenoxy) is 4. The molecule has 1 amide bonds. The van der Waals surface area contributed by atoms with Gasteiger partial charge in [-0.2, -0.15) is 0 Å². The number of hydrogen-bond acceptors (Lipinski definition) is 9. The molecule has 0 heterocycles. The molecule has 4 aliphatic rings. The van der Waals surface area contributed by atoms with Crippen molar-refractivity contribution < 1.29 is 42.9 Å². The Hall–Kier alpha value is -2.65. The fourth-order valence-corrected chi connectivity index (χ4v) is 9.76. The van der Waals surface area contributed by atoms with E-state index in [-0.39, 0.29) is 83.7 Å². The van der Waals surface area contributed by atoms with Gasteiger partial charge in [-0.15, -0.1) is 0 Å². The number of esters is 3. The summed E-state index contributed by atoms with van der Waals surface area (Å²) in [6.45, 7) is 11.0. The van der Waals surface area contributed by atoms with Crippen LogP contribution in [-0.4, -0.2) is 61.8 Å². The van der Waals surface area contributed by atoms with Gasteiger partial charge in [0.15, 0.2) is 5.78 Å². The van der Waals surface area contributed by atoms with E-state index in [4.69, 9.17) is 18.9 Å². The predicted octanol–water partition coefficient (Wildman–Crippen LogP) is 4.61. The molecule has 0 bridgehead atoms. The first-order valence-electron chi connectivity index (χ1n) is 15.7. The molecule has 42 heavy (non-hydrogen) atoms. The molecule has 10 heteroatoms. The zero-order valence-corrected chi connectivity index (χ0v) is 26.2. The molecule has 236 valence electrons. The zero-order valence-electron chi connectivity index (χ0n) is 26.2.